The van der Waals surface area contributed by atoms with E-state index in [4.69, 9.17) is 10.5 Å². The Labute approximate surface area is 107 Å². The molecule has 0 unspecified atom stereocenters. The molecule has 0 radical (unpaired) electrons. The summed E-state index contributed by atoms with van der Waals surface area (Å²) in [6.45, 7) is 6.56. The third kappa shape index (κ3) is 5.49. The summed E-state index contributed by atoms with van der Waals surface area (Å²) in [6, 6.07) is 0. The lowest BCUT2D eigenvalue weighted by molar-refractivity contribution is 0.0636. The molecule has 0 bridgehead atoms. The molecule has 1 amide bonds. The van der Waals surface area contributed by atoms with E-state index in [0.717, 1.165) is 0 Å². The van der Waals surface area contributed by atoms with Gasteiger partial charge in [-0.2, -0.15) is 5.10 Å². The molecule has 0 aliphatic heterocycles. The largest absolute Gasteiger partial charge is 0.444 e. The fraction of sp³-hybridized carbons (Fsp3) is 0.500. The van der Waals surface area contributed by atoms with E-state index >= 15 is 0 Å². The van der Waals surface area contributed by atoms with Crippen LogP contribution in [0.4, 0.5) is 10.5 Å². The molecule has 0 aliphatic carbocycles. The van der Waals surface area contributed by atoms with E-state index in [1.54, 1.807) is 17.1 Å². The van der Waals surface area contributed by atoms with E-state index in [1.807, 2.05) is 32.9 Å². The molecule has 100 valence electrons. The van der Waals surface area contributed by atoms with Crippen molar-refractivity contribution in [1.29, 1.82) is 0 Å². The highest BCUT2D eigenvalue weighted by Gasteiger charge is 2.16. The minimum absolute atomic E-state index is 0.487. The number of nitrogens with zero attached hydrogens (tertiary/aromatic N) is 2. The second-order valence-electron chi connectivity index (χ2n) is 4.79. The minimum atomic E-state index is -0.510. The highest BCUT2D eigenvalue weighted by atomic mass is 16.6. The van der Waals surface area contributed by atoms with E-state index in [9.17, 15) is 4.79 Å². The van der Waals surface area contributed by atoms with Crippen LogP contribution in [0.5, 0.6) is 0 Å². The van der Waals surface area contributed by atoms with Gasteiger partial charge in [0.05, 0.1) is 18.4 Å². The van der Waals surface area contributed by atoms with Gasteiger partial charge in [0, 0.05) is 12.7 Å². The number of anilines is 1. The van der Waals surface area contributed by atoms with Crippen LogP contribution in [0.1, 0.15) is 20.8 Å². The average Bonchev–Trinajstić information content (AvgIpc) is 2.63. The van der Waals surface area contributed by atoms with Gasteiger partial charge < -0.3 is 10.5 Å². The van der Waals surface area contributed by atoms with Crippen molar-refractivity contribution in [3.05, 3.63) is 24.5 Å². The van der Waals surface area contributed by atoms with Crippen LogP contribution in [0.3, 0.4) is 0 Å². The molecule has 0 fully saturated rings. The molecule has 0 aromatic carbocycles. The van der Waals surface area contributed by atoms with Gasteiger partial charge in [-0.05, 0) is 20.8 Å². The molecule has 1 rings (SSSR count). The molecule has 0 aliphatic rings. The topological polar surface area (TPSA) is 82.2 Å². The number of hydrogen-bond donors (Lipinski definition) is 2. The van der Waals surface area contributed by atoms with Gasteiger partial charge in [0.25, 0.3) is 0 Å². The third-order valence-corrected chi connectivity index (χ3v) is 1.87. The molecule has 1 aromatic heterocycles. The quantitative estimate of drug-likeness (QED) is 0.800. The number of nitrogens with two attached hydrogens (primary N) is 1. The number of aromatic nitrogens is 2. The first-order valence-electron chi connectivity index (χ1n) is 5.78. The van der Waals surface area contributed by atoms with E-state index in [2.05, 4.69) is 10.4 Å². The molecule has 0 atom stereocenters. The Hall–Kier alpha value is -1.82. The molecule has 0 saturated heterocycles. The molecule has 6 nitrogen and oxygen atoms in total. The predicted octanol–water partition coefficient (Wildman–Crippen LogP) is 1.74. The number of ether oxygens (including phenoxy) is 1. The van der Waals surface area contributed by atoms with Crippen molar-refractivity contribution in [3.8, 4) is 0 Å². The van der Waals surface area contributed by atoms with Crippen molar-refractivity contribution in [2.45, 2.75) is 32.9 Å². The van der Waals surface area contributed by atoms with Crippen molar-refractivity contribution < 1.29 is 9.53 Å². The molecule has 3 N–H and O–H groups in total. The fourth-order valence-corrected chi connectivity index (χ4v) is 1.23. The lowest BCUT2D eigenvalue weighted by Gasteiger charge is -2.19. The Morgan fingerprint density at radius 2 is 2.28 bits per heavy atom. The van der Waals surface area contributed by atoms with Crippen molar-refractivity contribution in [1.82, 2.24) is 9.78 Å². The van der Waals surface area contributed by atoms with E-state index in [-0.39, 0.29) is 0 Å². The zero-order chi connectivity index (χ0) is 13.6. The lowest BCUT2D eigenvalue weighted by Crippen LogP contribution is -2.27. The van der Waals surface area contributed by atoms with Crippen molar-refractivity contribution in [3.63, 3.8) is 0 Å². The van der Waals surface area contributed by atoms with E-state index in [1.165, 1.54) is 0 Å². The van der Waals surface area contributed by atoms with Crippen LogP contribution >= 0.6 is 0 Å². The molecule has 6 heteroatoms. The lowest BCUT2D eigenvalue weighted by atomic mass is 10.2. The van der Waals surface area contributed by atoms with Crippen molar-refractivity contribution in [2.24, 2.45) is 5.73 Å². The summed E-state index contributed by atoms with van der Waals surface area (Å²) in [7, 11) is 0. The Morgan fingerprint density at radius 3 is 2.89 bits per heavy atom. The molecular weight excluding hydrogens is 232 g/mol. The number of rotatable bonds is 4. The van der Waals surface area contributed by atoms with Gasteiger partial charge in [-0.1, -0.05) is 12.2 Å². The summed E-state index contributed by atoms with van der Waals surface area (Å²) in [5.41, 5.74) is 5.42. The zero-order valence-electron chi connectivity index (χ0n) is 11.0. The Balaban J connectivity index is 2.48. The number of hydrogen-bond acceptors (Lipinski definition) is 4. The second kappa shape index (κ2) is 6.20. The van der Waals surface area contributed by atoms with Crippen LogP contribution in [-0.2, 0) is 11.3 Å². The Morgan fingerprint density at radius 1 is 1.56 bits per heavy atom. The van der Waals surface area contributed by atoms with Crippen LogP contribution in [0.25, 0.3) is 0 Å². The third-order valence-electron chi connectivity index (χ3n) is 1.87. The van der Waals surface area contributed by atoms with Crippen molar-refractivity contribution >= 4 is 11.8 Å². The SMILES string of the molecule is CC(C)(C)OC(=O)Nc1cnn(C/C=C/CN)c1. The van der Waals surface area contributed by atoms with Gasteiger partial charge in [-0.3, -0.25) is 10.00 Å². The maximum atomic E-state index is 11.5. The van der Waals surface area contributed by atoms with Gasteiger partial charge in [0.15, 0.2) is 0 Å². The number of amides is 1. The molecule has 1 heterocycles. The van der Waals surface area contributed by atoms with Gasteiger partial charge in [0.2, 0.25) is 0 Å². The minimum Gasteiger partial charge on any atom is -0.444 e. The van der Waals surface area contributed by atoms with Crippen LogP contribution in [0, 0.1) is 0 Å². The number of allylic oxidation sites excluding steroid dienone is 1. The molecule has 0 saturated carbocycles. The first-order valence-corrected chi connectivity index (χ1v) is 5.78. The first-order chi connectivity index (χ1) is 8.40. The molecule has 1 aromatic rings. The molecule has 0 spiro atoms. The van der Waals surface area contributed by atoms with Gasteiger partial charge in [-0.25, -0.2) is 4.79 Å². The Bertz CT molecular complexity index is 418. The molecule has 18 heavy (non-hydrogen) atoms. The van der Waals surface area contributed by atoms with Gasteiger partial charge in [0.1, 0.15) is 5.60 Å². The highest BCUT2D eigenvalue weighted by Crippen LogP contribution is 2.10. The summed E-state index contributed by atoms with van der Waals surface area (Å²) in [5, 5.41) is 6.71. The Kier molecular flexibility index (Phi) is 4.91. The average molecular weight is 252 g/mol. The zero-order valence-corrected chi connectivity index (χ0v) is 11.0. The molecular formula is C12H20N4O2. The second-order valence-corrected chi connectivity index (χ2v) is 4.79. The normalized spacial score (nSPS) is 11.8. The first kappa shape index (κ1) is 14.2. The van der Waals surface area contributed by atoms with Crippen molar-refractivity contribution in [2.75, 3.05) is 11.9 Å². The highest BCUT2D eigenvalue weighted by molar-refractivity contribution is 5.84. The summed E-state index contributed by atoms with van der Waals surface area (Å²) in [5.74, 6) is 0. The maximum Gasteiger partial charge on any atom is 0.412 e. The summed E-state index contributed by atoms with van der Waals surface area (Å²) < 4.78 is 6.83. The van der Waals surface area contributed by atoms with Crippen LogP contribution in [0.2, 0.25) is 0 Å². The number of carbonyl (C=O) groups excluding carboxylic acids is 1. The monoisotopic (exact) mass is 252 g/mol. The predicted molar refractivity (Wildman–Crippen MR) is 70.3 cm³/mol. The summed E-state index contributed by atoms with van der Waals surface area (Å²) >= 11 is 0. The smallest absolute Gasteiger partial charge is 0.412 e. The number of nitrogens with one attached hydrogen (secondary N) is 1. The standard InChI is InChI=1S/C12H20N4O2/c1-12(2,3)18-11(17)15-10-8-14-16(9-10)7-5-4-6-13/h4-5,8-9H,6-7,13H2,1-3H3,(H,15,17)/b5-4+. The maximum absolute atomic E-state index is 11.5. The van der Waals surface area contributed by atoms with E-state index in [0.29, 0.717) is 18.8 Å². The van der Waals surface area contributed by atoms with E-state index < -0.39 is 11.7 Å². The van der Waals surface area contributed by atoms with Crippen LogP contribution in [0.15, 0.2) is 24.5 Å². The fourth-order valence-electron chi connectivity index (χ4n) is 1.23. The van der Waals surface area contributed by atoms with Crippen LogP contribution < -0.4 is 11.1 Å². The van der Waals surface area contributed by atoms with Gasteiger partial charge in [-0.15, -0.1) is 0 Å². The number of carbonyl (C=O) groups is 1. The van der Waals surface area contributed by atoms with Crippen LogP contribution in [-0.4, -0.2) is 28.0 Å². The summed E-state index contributed by atoms with van der Waals surface area (Å²) in [4.78, 5) is 11.5. The van der Waals surface area contributed by atoms with Gasteiger partial charge >= 0.3 is 6.09 Å². The summed E-state index contributed by atoms with van der Waals surface area (Å²) in [6.07, 6.45) is 6.57.